The van der Waals surface area contributed by atoms with Gasteiger partial charge in [-0.25, -0.2) is 4.98 Å². The van der Waals surface area contributed by atoms with Crippen LogP contribution in [0.3, 0.4) is 0 Å². The summed E-state index contributed by atoms with van der Waals surface area (Å²) in [6.07, 6.45) is 2.59. The van der Waals surface area contributed by atoms with E-state index in [-0.39, 0.29) is 0 Å². The predicted molar refractivity (Wildman–Crippen MR) is 80.9 cm³/mol. The second-order valence-corrected chi connectivity index (χ2v) is 6.31. The summed E-state index contributed by atoms with van der Waals surface area (Å²) in [7, 11) is 2.01. The van der Waals surface area contributed by atoms with Crippen LogP contribution in [-0.2, 0) is 13.1 Å². The Hall–Kier alpha value is -1.53. The van der Waals surface area contributed by atoms with E-state index in [4.69, 9.17) is 0 Å². The molecule has 2 aromatic heterocycles. The minimum Gasteiger partial charge on any atom is -0.352 e. The maximum atomic E-state index is 4.47. The van der Waals surface area contributed by atoms with E-state index in [9.17, 15) is 0 Å². The fourth-order valence-electron chi connectivity index (χ4n) is 1.99. The molecule has 2 heterocycles. The lowest BCUT2D eigenvalue weighted by atomic mass is 10.3. The van der Waals surface area contributed by atoms with Crippen LogP contribution in [0, 0.1) is 6.92 Å². The van der Waals surface area contributed by atoms with Crippen molar-refractivity contribution in [3.63, 3.8) is 0 Å². The lowest BCUT2D eigenvalue weighted by Gasteiger charge is -2.16. The van der Waals surface area contributed by atoms with E-state index < -0.39 is 0 Å². The van der Waals surface area contributed by atoms with Crippen LogP contribution in [-0.4, -0.2) is 28.3 Å². The largest absolute Gasteiger partial charge is 0.352 e. The highest BCUT2D eigenvalue weighted by atomic mass is 32.1. The first kappa shape index (κ1) is 13.5. The third-order valence-electron chi connectivity index (χ3n) is 3.31. The van der Waals surface area contributed by atoms with Crippen LogP contribution in [0.25, 0.3) is 0 Å². The Balaban J connectivity index is 1.57. The Morgan fingerprint density at radius 3 is 2.75 bits per heavy atom. The summed E-state index contributed by atoms with van der Waals surface area (Å²) in [6, 6.07) is 4.77. The average Bonchev–Trinajstić information content (AvgIpc) is 3.20. The summed E-state index contributed by atoms with van der Waals surface area (Å²) < 4.78 is 0. The second kappa shape index (κ2) is 5.85. The maximum Gasteiger partial charge on any atom is 0.151 e. The summed E-state index contributed by atoms with van der Waals surface area (Å²) in [4.78, 5) is 6.54. The molecule has 1 aliphatic carbocycles. The van der Waals surface area contributed by atoms with E-state index in [1.165, 1.54) is 12.8 Å². The summed E-state index contributed by atoms with van der Waals surface area (Å²) in [6.45, 7) is 3.60. The first-order chi connectivity index (χ1) is 9.70. The van der Waals surface area contributed by atoms with Gasteiger partial charge in [-0.15, -0.1) is 16.4 Å². The zero-order valence-corrected chi connectivity index (χ0v) is 12.7. The Labute approximate surface area is 123 Å². The fraction of sp³-hybridized carbons (Fsp3) is 0.500. The number of rotatable bonds is 6. The van der Waals surface area contributed by atoms with Crippen molar-refractivity contribution < 1.29 is 0 Å². The van der Waals surface area contributed by atoms with Crippen molar-refractivity contribution in [3.8, 4) is 0 Å². The van der Waals surface area contributed by atoms with Crippen molar-refractivity contribution in [2.24, 2.45) is 0 Å². The zero-order chi connectivity index (χ0) is 13.9. The van der Waals surface area contributed by atoms with Crippen LogP contribution in [0.4, 0.5) is 5.82 Å². The average molecular weight is 289 g/mol. The molecule has 1 N–H and O–H groups in total. The van der Waals surface area contributed by atoms with Gasteiger partial charge in [-0.05, 0) is 31.9 Å². The number of nitrogens with zero attached hydrogens (tertiary/aromatic N) is 4. The summed E-state index contributed by atoms with van der Waals surface area (Å²) in [5, 5.41) is 15.2. The minimum absolute atomic E-state index is 0.701. The van der Waals surface area contributed by atoms with Crippen molar-refractivity contribution >= 4 is 17.2 Å². The highest BCUT2D eigenvalue weighted by Gasteiger charge is 2.20. The van der Waals surface area contributed by atoms with Crippen molar-refractivity contribution in [3.05, 3.63) is 33.9 Å². The normalized spacial score (nSPS) is 14.5. The van der Waals surface area contributed by atoms with Crippen molar-refractivity contribution in [1.29, 1.82) is 0 Å². The summed E-state index contributed by atoms with van der Waals surface area (Å²) in [5.74, 6) is 0.880. The van der Waals surface area contributed by atoms with E-state index in [1.807, 2.05) is 26.1 Å². The van der Waals surface area contributed by atoms with Gasteiger partial charge in [0.1, 0.15) is 0 Å². The molecular formula is C14H19N5S. The Morgan fingerprint density at radius 2 is 2.15 bits per heavy atom. The monoisotopic (exact) mass is 289 g/mol. The SMILES string of the molecule is Cc1nc(CN(C)c2ccc(CNC3CC3)nn2)cs1. The highest BCUT2D eigenvalue weighted by molar-refractivity contribution is 7.09. The van der Waals surface area contributed by atoms with Gasteiger partial charge in [-0.3, -0.25) is 0 Å². The first-order valence-corrected chi connectivity index (χ1v) is 7.77. The van der Waals surface area contributed by atoms with E-state index in [2.05, 4.69) is 30.8 Å². The molecule has 1 aliphatic rings. The van der Waals surface area contributed by atoms with E-state index >= 15 is 0 Å². The lowest BCUT2D eigenvalue weighted by molar-refractivity contribution is 0.664. The molecule has 2 aromatic rings. The van der Waals surface area contributed by atoms with E-state index in [0.717, 1.165) is 35.3 Å². The molecule has 3 rings (SSSR count). The first-order valence-electron chi connectivity index (χ1n) is 6.89. The molecule has 5 nitrogen and oxygen atoms in total. The molecule has 1 fully saturated rings. The van der Waals surface area contributed by atoms with Crippen molar-refractivity contribution in [2.45, 2.75) is 38.9 Å². The van der Waals surface area contributed by atoms with Gasteiger partial charge in [0.05, 0.1) is 22.9 Å². The van der Waals surface area contributed by atoms with Gasteiger partial charge in [0.25, 0.3) is 0 Å². The van der Waals surface area contributed by atoms with Crippen LogP contribution in [0.1, 0.15) is 29.2 Å². The number of anilines is 1. The quantitative estimate of drug-likeness (QED) is 0.883. The Kier molecular flexibility index (Phi) is 3.93. The van der Waals surface area contributed by atoms with E-state index in [1.54, 1.807) is 11.3 Å². The highest BCUT2D eigenvalue weighted by Crippen LogP contribution is 2.19. The van der Waals surface area contributed by atoms with Crippen LogP contribution >= 0.6 is 11.3 Å². The third kappa shape index (κ3) is 3.52. The minimum atomic E-state index is 0.701. The zero-order valence-electron chi connectivity index (χ0n) is 11.8. The number of nitrogens with one attached hydrogen (secondary N) is 1. The third-order valence-corrected chi connectivity index (χ3v) is 4.13. The molecule has 0 saturated heterocycles. The number of hydrogen-bond acceptors (Lipinski definition) is 6. The molecule has 1 saturated carbocycles. The van der Waals surface area contributed by atoms with Gasteiger partial charge < -0.3 is 10.2 Å². The second-order valence-electron chi connectivity index (χ2n) is 5.25. The predicted octanol–water partition coefficient (Wildman–Crippen LogP) is 2.13. The molecule has 0 bridgehead atoms. The van der Waals surface area contributed by atoms with Gasteiger partial charge in [0.15, 0.2) is 5.82 Å². The molecule has 6 heteroatoms. The molecule has 0 aromatic carbocycles. The molecule has 0 atom stereocenters. The van der Waals surface area contributed by atoms with E-state index in [0.29, 0.717) is 6.04 Å². The molecule has 0 spiro atoms. The topological polar surface area (TPSA) is 53.9 Å². The molecule has 0 aliphatic heterocycles. The number of thiazole rings is 1. The standard InChI is InChI=1S/C14H19N5S/c1-10-16-13(9-20-10)8-19(2)14-6-5-12(17-18-14)7-15-11-3-4-11/h5-6,9,11,15H,3-4,7-8H2,1-2H3. The van der Waals surface area contributed by atoms with Crippen molar-refractivity contribution in [2.75, 3.05) is 11.9 Å². The summed E-state index contributed by atoms with van der Waals surface area (Å²) in [5.41, 5.74) is 2.08. The Morgan fingerprint density at radius 1 is 1.30 bits per heavy atom. The molecule has 0 radical (unpaired) electrons. The van der Waals surface area contributed by atoms with Crippen LogP contribution in [0.15, 0.2) is 17.5 Å². The van der Waals surface area contributed by atoms with Gasteiger partial charge in [0, 0.05) is 25.0 Å². The number of aryl methyl sites for hydroxylation is 1. The van der Waals surface area contributed by atoms with Crippen LogP contribution in [0.5, 0.6) is 0 Å². The summed E-state index contributed by atoms with van der Waals surface area (Å²) >= 11 is 1.68. The molecule has 0 amide bonds. The lowest BCUT2D eigenvalue weighted by Crippen LogP contribution is -2.20. The van der Waals surface area contributed by atoms with Crippen LogP contribution in [0.2, 0.25) is 0 Å². The van der Waals surface area contributed by atoms with Gasteiger partial charge in [0.2, 0.25) is 0 Å². The number of aromatic nitrogens is 3. The molecule has 0 unspecified atom stereocenters. The Bertz CT molecular complexity index is 561. The van der Waals surface area contributed by atoms with Gasteiger partial charge in [-0.1, -0.05) is 0 Å². The van der Waals surface area contributed by atoms with Gasteiger partial charge in [-0.2, -0.15) is 5.10 Å². The number of hydrogen-bond donors (Lipinski definition) is 1. The molecular weight excluding hydrogens is 270 g/mol. The smallest absolute Gasteiger partial charge is 0.151 e. The molecule has 106 valence electrons. The maximum absolute atomic E-state index is 4.47. The van der Waals surface area contributed by atoms with Gasteiger partial charge >= 0.3 is 0 Å². The van der Waals surface area contributed by atoms with Crippen molar-refractivity contribution in [1.82, 2.24) is 20.5 Å². The fourth-order valence-corrected chi connectivity index (χ4v) is 2.60. The van der Waals surface area contributed by atoms with Crippen LogP contribution < -0.4 is 10.2 Å². The molecule has 20 heavy (non-hydrogen) atoms.